The van der Waals surface area contributed by atoms with Crippen molar-refractivity contribution < 1.29 is 14.2 Å². The van der Waals surface area contributed by atoms with Crippen LogP contribution in [0.2, 0.25) is 0 Å². The number of hydrogen-bond acceptors (Lipinski definition) is 8. The molecule has 0 aliphatic carbocycles. The molecule has 2 aliphatic heterocycles. The Balaban J connectivity index is 1.74. The summed E-state index contributed by atoms with van der Waals surface area (Å²) in [6.07, 6.45) is 2.20. The number of rotatable bonds is 3. The maximum Gasteiger partial charge on any atom is 0.167 e. The van der Waals surface area contributed by atoms with Crippen LogP contribution in [-0.2, 0) is 14.2 Å². The number of ether oxygens (including phenoxy) is 3. The summed E-state index contributed by atoms with van der Waals surface area (Å²) in [6, 6.07) is 0. The molecule has 2 fully saturated rings. The first kappa shape index (κ1) is 14.8. The highest BCUT2D eigenvalue weighted by Gasteiger charge is 2.55. The second-order valence-electron chi connectivity index (χ2n) is 6.27. The third-order valence-corrected chi connectivity index (χ3v) is 4.19. The number of imidazole rings is 1. The van der Waals surface area contributed by atoms with Crippen LogP contribution in [0.25, 0.3) is 11.2 Å². The van der Waals surface area contributed by atoms with Gasteiger partial charge in [-0.25, -0.2) is 15.0 Å². The van der Waals surface area contributed by atoms with Crippen LogP contribution in [0.15, 0.2) is 12.7 Å². The summed E-state index contributed by atoms with van der Waals surface area (Å²) in [7, 11) is 1.88. The van der Waals surface area contributed by atoms with E-state index in [2.05, 4.69) is 20.3 Å². The monoisotopic (exact) mass is 320 g/mol. The zero-order valence-corrected chi connectivity index (χ0v) is 13.3. The highest BCUT2D eigenvalue weighted by atomic mass is 16.8. The summed E-state index contributed by atoms with van der Waals surface area (Å²) in [4.78, 5) is 12.6. The summed E-state index contributed by atoms with van der Waals surface area (Å²) in [6.45, 7) is 4.48. The lowest BCUT2D eigenvalue weighted by Gasteiger charge is -2.24. The normalized spacial score (nSPS) is 32.5. The molecule has 0 amide bonds. The van der Waals surface area contributed by atoms with Crippen molar-refractivity contribution in [3.05, 3.63) is 12.7 Å². The molecule has 9 heteroatoms. The van der Waals surface area contributed by atoms with Crippen molar-refractivity contribution in [2.75, 3.05) is 19.3 Å². The summed E-state index contributed by atoms with van der Waals surface area (Å²) < 4.78 is 20.1. The molecule has 0 unspecified atom stereocenters. The second kappa shape index (κ2) is 5.10. The van der Waals surface area contributed by atoms with E-state index in [1.165, 1.54) is 6.33 Å². The summed E-state index contributed by atoms with van der Waals surface area (Å²) in [5.41, 5.74) is 7.04. The van der Waals surface area contributed by atoms with Gasteiger partial charge in [0.05, 0.1) is 6.33 Å². The van der Waals surface area contributed by atoms with E-state index < -0.39 is 5.79 Å². The number of nitrogens with one attached hydrogen (secondary N) is 1. The van der Waals surface area contributed by atoms with E-state index in [1.807, 2.05) is 25.5 Å². The van der Waals surface area contributed by atoms with Crippen LogP contribution in [0.4, 0.5) is 5.82 Å². The van der Waals surface area contributed by atoms with Crippen LogP contribution in [-0.4, -0.2) is 57.2 Å². The average molecular weight is 320 g/mol. The Bertz CT molecular complexity index is 732. The molecule has 2 aliphatic rings. The van der Waals surface area contributed by atoms with E-state index in [9.17, 15) is 0 Å². The molecule has 9 nitrogen and oxygen atoms in total. The number of fused-ring (bicyclic) bond motifs is 2. The summed E-state index contributed by atoms with van der Waals surface area (Å²) in [5, 5.41) is 3.13. The molecule has 2 aromatic rings. The van der Waals surface area contributed by atoms with Crippen LogP contribution < -0.4 is 11.1 Å². The topological polar surface area (TPSA) is 109 Å². The molecule has 23 heavy (non-hydrogen) atoms. The van der Waals surface area contributed by atoms with Gasteiger partial charge >= 0.3 is 0 Å². The number of nitrogens with zero attached hydrogens (tertiary/aromatic N) is 4. The summed E-state index contributed by atoms with van der Waals surface area (Å²) >= 11 is 0. The van der Waals surface area contributed by atoms with Gasteiger partial charge in [-0.3, -0.25) is 4.57 Å². The Morgan fingerprint density at radius 2 is 2.04 bits per heavy atom. The third-order valence-electron chi connectivity index (χ3n) is 4.19. The Morgan fingerprint density at radius 1 is 1.26 bits per heavy atom. The lowest BCUT2D eigenvalue weighted by atomic mass is 10.1. The fraction of sp³-hybridized carbons (Fsp3) is 0.643. The fourth-order valence-electron chi connectivity index (χ4n) is 3.30. The van der Waals surface area contributed by atoms with Gasteiger partial charge in [-0.15, -0.1) is 0 Å². The van der Waals surface area contributed by atoms with E-state index in [0.717, 1.165) is 0 Å². The maximum absolute atomic E-state index is 6.16. The number of likely N-dealkylation sites (N-methyl/N-ethyl adjacent to an activating group) is 1. The molecule has 4 rings (SSSR count). The van der Waals surface area contributed by atoms with Gasteiger partial charge in [-0.2, -0.15) is 0 Å². The van der Waals surface area contributed by atoms with Crippen molar-refractivity contribution in [1.82, 2.24) is 24.8 Å². The fourth-order valence-corrected chi connectivity index (χ4v) is 3.30. The zero-order chi connectivity index (χ0) is 16.2. The third kappa shape index (κ3) is 2.27. The van der Waals surface area contributed by atoms with E-state index in [-0.39, 0.29) is 24.5 Å². The Kier molecular flexibility index (Phi) is 3.27. The lowest BCUT2D eigenvalue weighted by molar-refractivity contribution is -0.195. The Hall–Kier alpha value is -1.81. The van der Waals surface area contributed by atoms with Crippen LogP contribution in [0.3, 0.4) is 0 Å². The molecule has 124 valence electrons. The minimum Gasteiger partial charge on any atom is -0.382 e. The molecule has 2 saturated heterocycles. The molecule has 0 aromatic carbocycles. The predicted octanol–water partition coefficient (Wildman–Crippen LogP) is 0.0454. The molecular weight excluding hydrogens is 300 g/mol. The number of aromatic nitrogens is 4. The van der Waals surface area contributed by atoms with E-state index >= 15 is 0 Å². The molecule has 4 heterocycles. The smallest absolute Gasteiger partial charge is 0.167 e. The first-order chi connectivity index (χ1) is 11.0. The van der Waals surface area contributed by atoms with Gasteiger partial charge in [0.1, 0.15) is 30.2 Å². The van der Waals surface area contributed by atoms with E-state index in [0.29, 0.717) is 23.5 Å². The first-order valence-electron chi connectivity index (χ1n) is 7.59. The van der Waals surface area contributed by atoms with Gasteiger partial charge in [0.2, 0.25) is 0 Å². The molecule has 4 atom stereocenters. The van der Waals surface area contributed by atoms with Gasteiger partial charge in [0.15, 0.2) is 23.5 Å². The van der Waals surface area contributed by atoms with Gasteiger partial charge < -0.3 is 25.3 Å². The quantitative estimate of drug-likeness (QED) is 0.816. The predicted molar refractivity (Wildman–Crippen MR) is 81.4 cm³/mol. The minimum atomic E-state index is -0.645. The zero-order valence-electron chi connectivity index (χ0n) is 13.3. The molecule has 0 radical (unpaired) electrons. The molecule has 2 aromatic heterocycles. The largest absolute Gasteiger partial charge is 0.382 e. The molecule has 3 N–H and O–H groups in total. The number of nitrogens with two attached hydrogens (primary N) is 1. The molecule has 0 saturated carbocycles. The molecule has 0 bridgehead atoms. The van der Waals surface area contributed by atoms with Gasteiger partial charge in [0, 0.05) is 6.54 Å². The number of nitrogen functional groups attached to an aromatic ring is 1. The summed E-state index contributed by atoms with van der Waals surface area (Å²) in [5.74, 6) is -0.299. The average Bonchev–Trinajstić information content (AvgIpc) is 3.13. The van der Waals surface area contributed by atoms with Crippen molar-refractivity contribution in [2.45, 2.75) is 44.2 Å². The maximum atomic E-state index is 6.16. The first-order valence-corrected chi connectivity index (χ1v) is 7.59. The number of hydrogen-bond donors (Lipinski definition) is 2. The minimum absolute atomic E-state index is 0.117. The Labute approximate surface area is 133 Å². The van der Waals surface area contributed by atoms with E-state index in [4.69, 9.17) is 19.9 Å². The highest BCUT2D eigenvalue weighted by Crippen LogP contribution is 2.43. The van der Waals surface area contributed by atoms with E-state index in [1.54, 1.807) is 6.33 Å². The van der Waals surface area contributed by atoms with Gasteiger partial charge in [0.25, 0.3) is 0 Å². The van der Waals surface area contributed by atoms with Crippen LogP contribution in [0.5, 0.6) is 0 Å². The van der Waals surface area contributed by atoms with Crippen LogP contribution >= 0.6 is 0 Å². The van der Waals surface area contributed by atoms with Gasteiger partial charge in [-0.05, 0) is 20.9 Å². The van der Waals surface area contributed by atoms with Crippen molar-refractivity contribution >= 4 is 17.0 Å². The van der Waals surface area contributed by atoms with Crippen molar-refractivity contribution in [3.8, 4) is 0 Å². The van der Waals surface area contributed by atoms with Crippen molar-refractivity contribution in [1.29, 1.82) is 0 Å². The lowest BCUT2D eigenvalue weighted by Crippen LogP contribution is -2.36. The van der Waals surface area contributed by atoms with Crippen molar-refractivity contribution in [2.24, 2.45) is 0 Å². The second-order valence-corrected chi connectivity index (χ2v) is 6.27. The van der Waals surface area contributed by atoms with Crippen LogP contribution in [0, 0.1) is 0 Å². The standard InChI is InChI=1S/C14H20N6O3/c1-14(2)22-9-7(4-16-3)21-13(10(9)23-14)20-6-19-8-11(15)17-5-18-12(8)20/h5-7,9-10,13,16H,4H2,1-3H3,(H2,15,17,18)/t7-,9-,10+,13-/m1/s1. The Morgan fingerprint density at radius 3 is 2.83 bits per heavy atom. The van der Waals surface area contributed by atoms with Crippen LogP contribution in [0.1, 0.15) is 20.1 Å². The molecule has 0 spiro atoms. The highest BCUT2D eigenvalue weighted by molar-refractivity contribution is 5.81. The van der Waals surface area contributed by atoms with Gasteiger partial charge in [-0.1, -0.05) is 0 Å². The van der Waals surface area contributed by atoms with Crippen molar-refractivity contribution in [3.63, 3.8) is 0 Å². The molecular formula is C14H20N6O3. The SMILES string of the molecule is CNC[C@H]1O[C@@H](n2cnc3c(N)ncnc32)[C@H]2OC(C)(C)O[C@@H]21. The number of anilines is 1.